The van der Waals surface area contributed by atoms with Gasteiger partial charge in [-0.1, -0.05) is 18.2 Å². The standard InChI is InChI=1S/C18H28N2O/c1-14-6-3-4-8-18(14)21-13-15(2)19-16-9-11-20-10-5-7-17(20)12-16/h3-4,6,8,15-17,19H,5,7,9-13H2,1-2H3/t15-,16-,17-/m0/s1. The predicted molar refractivity (Wildman–Crippen MR) is 86.9 cm³/mol. The summed E-state index contributed by atoms with van der Waals surface area (Å²) in [5.74, 6) is 1.01. The van der Waals surface area contributed by atoms with Gasteiger partial charge >= 0.3 is 0 Å². The molecular weight excluding hydrogens is 260 g/mol. The number of nitrogens with zero attached hydrogens (tertiary/aromatic N) is 1. The van der Waals surface area contributed by atoms with Crippen molar-refractivity contribution in [1.82, 2.24) is 10.2 Å². The Bertz CT molecular complexity index is 462. The smallest absolute Gasteiger partial charge is 0.122 e. The quantitative estimate of drug-likeness (QED) is 0.901. The van der Waals surface area contributed by atoms with Crippen molar-refractivity contribution < 1.29 is 4.74 Å². The highest BCUT2D eigenvalue weighted by Crippen LogP contribution is 2.27. The van der Waals surface area contributed by atoms with Gasteiger partial charge in [0.15, 0.2) is 0 Å². The van der Waals surface area contributed by atoms with Crippen molar-refractivity contribution in [3.63, 3.8) is 0 Å². The molecule has 21 heavy (non-hydrogen) atoms. The third-order valence-electron chi connectivity index (χ3n) is 4.92. The summed E-state index contributed by atoms with van der Waals surface area (Å²) in [7, 11) is 0. The molecule has 2 heterocycles. The number of ether oxygens (including phenoxy) is 1. The van der Waals surface area contributed by atoms with Crippen molar-refractivity contribution in [3.8, 4) is 5.75 Å². The van der Waals surface area contributed by atoms with E-state index in [-0.39, 0.29) is 0 Å². The number of nitrogens with one attached hydrogen (secondary N) is 1. The minimum absolute atomic E-state index is 0.405. The van der Waals surface area contributed by atoms with Gasteiger partial charge in [-0.05, 0) is 64.3 Å². The first-order valence-electron chi connectivity index (χ1n) is 8.41. The van der Waals surface area contributed by atoms with Gasteiger partial charge in [-0.3, -0.25) is 0 Å². The highest BCUT2D eigenvalue weighted by atomic mass is 16.5. The van der Waals surface area contributed by atoms with Gasteiger partial charge < -0.3 is 15.0 Å². The second-order valence-corrected chi connectivity index (χ2v) is 6.70. The molecule has 3 nitrogen and oxygen atoms in total. The number of aryl methyl sites for hydroxylation is 1. The summed E-state index contributed by atoms with van der Waals surface area (Å²) in [6.45, 7) is 7.68. The van der Waals surface area contributed by atoms with Gasteiger partial charge in [0.1, 0.15) is 12.4 Å². The molecule has 116 valence electrons. The summed E-state index contributed by atoms with van der Waals surface area (Å²) in [5.41, 5.74) is 1.21. The SMILES string of the molecule is Cc1ccccc1OC[C@H](C)N[C@H]1CCN2CCC[C@H]2C1. The molecule has 1 aromatic carbocycles. The van der Waals surface area contributed by atoms with E-state index in [1.54, 1.807) is 0 Å². The average Bonchev–Trinajstić information content (AvgIpc) is 2.94. The Kier molecular flexibility index (Phi) is 4.81. The van der Waals surface area contributed by atoms with Crippen LogP contribution in [0.4, 0.5) is 0 Å². The maximum Gasteiger partial charge on any atom is 0.122 e. The first kappa shape index (κ1) is 14.9. The van der Waals surface area contributed by atoms with Crippen molar-refractivity contribution in [2.75, 3.05) is 19.7 Å². The van der Waals surface area contributed by atoms with Crippen LogP contribution in [-0.2, 0) is 0 Å². The monoisotopic (exact) mass is 288 g/mol. The summed E-state index contributed by atoms with van der Waals surface area (Å²) in [6.07, 6.45) is 5.38. The van der Waals surface area contributed by atoms with Crippen LogP contribution < -0.4 is 10.1 Å². The number of hydrogen-bond donors (Lipinski definition) is 1. The molecule has 0 bridgehead atoms. The Morgan fingerprint density at radius 3 is 3.00 bits per heavy atom. The van der Waals surface area contributed by atoms with Crippen LogP contribution in [0.25, 0.3) is 0 Å². The van der Waals surface area contributed by atoms with E-state index in [1.807, 2.05) is 6.07 Å². The highest BCUT2D eigenvalue weighted by molar-refractivity contribution is 5.31. The fraction of sp³-hybridized carbons (Fsp3) is 0.667. The van der Waals surface area contributed by atoms with E-state index < -0.39 is 0 Å². The lowest BCUT2D eigenvalue weighted by Gasteiger charge is -2.36. The fourth-order valence-corrected chi connectivity index (χ4v) is 3.76. The van der Waals surface area contributed by atoms with Crippen LogP contribution in [0.15, 0.2) is 24.3 Å². The topological polar surface area (TPSA) is 24.5 Å². The van der Waals surface area contributed by atoms with E-state index in [1.165, 1.54) is 44.3 Å². The zero-order chi connectivity index (χ0) is 14.7. The van der Waals surface area contributed by atoms with E-state index in [0.717, 1.165) is 18.4 Å². The van der Waals surface area contributed by atoms with Gasteiger partial charge in [0.05, 0.1) is 0 Å². The van der Waals surface area contributed by atoms with Gasteiger partial charge in [0.2, 0.25) is 0 Å². The van der Waals surface area contributed by atoms with E-state index in [2.05, 4.69) is 42.3 Å². The molecule has 0 aromatic heterocycles. The van der Waals surface area contributed by atoms with Crippen molar-refractivity contribution in [3.05, 3.63) is 29.8 Å². The number of para-hydroxylation sites is 1. The lowest BCUT2D eigenvalue weighted by Crippen LogP contribution is -2.49. The summed E-state index contributed by atoms with van der Waals surface area (Å²) in [4.78, 5) is 2.67. The summed E-state index contributed by atoms with van der Waals surface area (Å²) >= 11 is 0. The van der Waals surface area contributed by atoms with Gasteiger partial charge in [0.25, 0.3) is 0 Å². The average molecular weight is 288 g/mol. The minimum atomic E-state index is 0.405. The van der Waals surface area contributed by atoms with Crippen LogP contribution in [0.1, 0.15) is 38.2 Å². The number of fused-ring (bicyclic) bond motifs is 1. The van der Waals surface area contributed by atoms with Crippen LogP contribution in [-0.4, -0.2) is 42.7 Å². The first-order chi connectivity index (χ1) is 10.2. The molecule has 2 aliphatic rings. The minimum Gasteiger partial charge on any atom is -0.492 e. The highest BCUT2D eigenvalue weighted by Gasteiger charge is 2.31. The van der Waals surface area contributed by atoms with E-state index >= 15 is 0 Å². The number of hydrogen-bond acceptors (Lipinski definition) is 3. The Balaban J connectivity index is 1.44. The maximum atomic E-state index is 5.95. The molecule has 0 radical (unpaired) electrons. The molecule has 0 spiro atoms. The van der Waals surface area contributed by atoms with Crippen molar-refractivity contribution in [1.29, 1.82) is 0 Å². The molecule has 1 N–H and O–H groups in total. The van der Waals surface area contributed by atoms with Gasteiger partial charge in [-0.25, -0.2) is 0 Å². The Morgan fingerprint density at radius 1 is 1.29 bits per heavy atom. The van der Waals surface area contributed by atoms with Crippen molar-refractivity contribution >= 4 is 0 Å². The molecule has 2 saturated heterocycles. The van der Waals surface area contributed by atoms with Crippen LogP contribution in [0.3, 0.4) is 0 Å². The Labute approximate surface area is 128 Å². The molecule has 0 aliphatic carbocycles. The molecule has 3 rings (SSSR count). The van der Waals surface area contributed by atoms with E-state index in [0.29, 0.717) is 12.1 Å². The maximum absolute atomic E-state index is 5.95. The third-order valence-corrected chi connectivity index (χ3v) is 4.92. The summed E-state index contributed by atoms with van der Waals surface area (Å²) in [5, 5.41) is 3.77. The van der Waals surface area contributed by atoms with Gasteiger partial charge in [-0.15, -0.1) is 0 Å². The molecule has 0 amide bonds. The molecule has 3 heteroatoms. The van der Waals surface area contributed by atoms with Gasteiger partial charge in [0, 0.05) is 18.1 Å². The largest absolute Gasteiger partial charge is 0.492 e. The van der Waals surface area contributed by atoms with Crippen LogP contribution in [0.2, 0.25) is 0 Å². The van der Waals surface area contributed by atoms with E-state index in [9.17, 15) is 0 Å². The summed E-state index contributed by atoms with van der Waals surface area (Å²) < 4.78 is 5.95. The molecule has 2 fully saturated rings. The number of benzene rings is 1. The Morgan fingerprint density at radius 2 is 2.14 bits per heavy atom. The first-order valence-corrected chi connectivity index (χ1v) is 8.41. The second kappa shape index (κ2) is 6.80. The number of rotatable bonds is 5. The van der Waals surface area contributed by atoms with Crippen LogP contribution >= 0.6 is 0 Å². The zero-order valence-corrected chi connectivity index (χ0v) is 13.3. The predicted octanol–water partition coefficient (Wildman–Crippen LogP) is 2.98. The third kappa shape index (κ3) is 3.78. The molecule has 1 aromatic rings. The number of piperidine rings is 1. The molecular formula is C18H28N2O. The van der Waals surface area contributed by atoms with Crippen molar-refractivity contribution in [2.45, 2.75) is 57.7 Å². The lowest BCUT2D eigenvalue weighted by atomic mass is 9.97. The normalized spacial score (nSPS) is 27.3. The van der Waals surface area contributed by atoms with Crippen LogP contribution in [0.5, 0.6) is 5.75 Å². The van der Waals surface area contributed by atoms with Crippen LogP contribution in [0, 0.1) is 6.92 Å². The molecule has 0 saturated carbocycles. The molecule has 0 unspecified atom stereocenters. The second-order valence-electron chi connectivity index (χ2n) is 6.70. The van der Waals surface area contributed by atoms with Gasteiger partial charge in [-0.2, -0.15) is 0 Å². The lowest BCUT2D eigenvalue weighted by molar-refractivity contribution is 0.153. The molecule has 2 aliphatic heterocycles. The molecule has 3 atom stereocenters. The summed E-state index contributed by atoms with van der Waals surface area (Å²) in [6, 6.07) is 10.2. The fourth-order valence-electron chi connectivity index (χ4n) is 3.76. The zero-order valence-electron chi connectivity index (χ0n) is 13.3. The van der Waals surface area contributed by atoms with E-state index in [4.69, 9.17) is 4.74 Å². The van der Waals surface area contributed by atoms with Crippen molar-refractivity contribution in [2.24, 2.45) is 0 Å². The Hall–Kier alpha value is -1.06.